The summed E-state index contributed by atoms with van der Waals surface area (Å²) in [5.41, 5.74) is -1.06. The van der Waals surface area contributed by atoms with E-state index in [4.69, 9.17) is 9.47 Å². The lowest BCUT2D eigenvalue weighted by Crippen LogP contribution is -2.35. The van der Waals surface area contributed by atoms with Gasteiger partial charge in [-0.05, 0) is 72.8 Å². The van der Waals surface area contributed by atoms with Gasteiger partial charge in [0, 0.05) is 30.5 Å². The van der Waals surface area contributed by atoms with E-state index in [9.17, 15) is 19.2 Å². The van der Waals surface area contributed by atoms with Crippen molar-refractivity contribution < 1.29 is 28.7 Å². The van der Waals surface area contributed by atoms with Crippen LogP contribution in [0.5, 0.6) is 0 Å². The Kier molecular flexibility index (Phi) is 7.89. The van der Waals surface area contributed by atoms with Gasteiger partial charge in [0.15, 0.2) is 0 Å². The van der Waals surface area contributed by atoms with Crippen LogP contribution in [0.4, 0.5) is 0 Å². The summed E-state index contributed by atoms with van der Waals surface area (Å²) in [7, 11) is 0. The van der Waals surface area contributed by atoms with Crippen LogP contribution in [0.1, 0.15) is 99.5 Å². The Balaban J connectivity index is 0.000000201. The van der Waals surface area contributed by atoms with Gasteiger partial charge >= 0.3 is 11.9 Å². The van der Waals surface area contributed by atoms with Gasteiger partial charge in [0.05, 0.1) is 23.7 Å². The van der Waals surface area contributed by atoms with Gasteiger partial charge < -0.3 is 19.7 Å². The van der Waals surface area contributed by atoms with Crippen molar-refractivity contribution in [3.05, 3.63) is 35.9 Å². The Morgan fingerprint density at radius 3 is 1.76 bits per heavy atom. The van der Waals surface area contributed by atoms with Crippen molar-refractivity contribution in [3.63, 3.8) is 0 Å². The second-order valence-corrected chi connectivity index (χ2v) is 15.1. The fraction of sp³-hybridized carbons (Fsp3) is 0.697. The van der Waals surface area contributed by atoms with Gasteiger partial charge in [-0.1, -0.05) is 44.2 Å². The molecule has 0 bridgehead atoms. The van der Waals surface area contributed by atoms with Crippen molar-refractivity contribution in [3.8, 4) is 0 Å². The van der Waals surface area contributed by atoms with Gasteiger partial charge in [0.2, 0.25) is 11.8 Å². The van der Waals surface area contributed by atoms with Gasteiger partial charge in [0.25, 0.3) is 0 Å². The first-order chi connectivity index (χ1) is 18.8. The fourth-order valence-electron chi connectivity index (χ4n) is 6.77. The molecule has 1 aromatic carbocycles. The molecule has 8 heteroatoms. The summed E-state index contributed by atoms with van der Waals surface area (Å²) in [5, 5.41) is 2.88. The molecule has 2 amide bonds. The summed E-state index contributed by atoms with van der Waals surface area (Å²) in [4.78, 5) is 50.9. The lowest BCUT2D eigenvalue weighted by atomic mass is 9.74. The van der Waals surface area contributed by atoms with Crippen LogP contribution in [0.25, 0.3) is 0 Å². The molecular formula is C33H48N2O6. The minimum atomic E-state index is -0.490. The first kappa shape index (κ1) is 31.0. The summed E-state index contributed by atoms with van der Waals surface area (Å²) in [6, 6.07) is 10.0. The third kappa shape index (κ3) is 6.46. The molecule has 1 aromatic rings. The van der Waals surface area contributed by atoms with Gasteiger partial charge in [-0.2, -0.15) is 0 Å². The number of carbonyl (C=O) groups is 4. The van der Waals surface area contributed by atoms with Crippen molar-refractivity contribution in [2.24, 2.45) is 21.7 Å². The average Bonchev–Trinajstić information content (AvgIpc) is 3.73. The summed E-state index contributed by atoms with van der Waals surface area (Å²) in [6.07, 6.45) is 4.20. The molecule has 5 rings (SSSR count). The highest BCUT2D eigenvalue weighted by molar-refractivity contribution is 5.90. The van der Waals surface area contributed by atoms with Crippen LogP contribution in [0.2, 0.25) is 0 Å². The molecule has 2 aliphatic carbocycles. The third-order valence-corrected chi connectivity index (χ3v) is 9.25. The highest BCUT2D eigenvalue weighted by Gasteiger charge is 2.68. The van der Waals surface area contributed by atoms with Gasteiger partial charge in [0.1, 0.15) is 11.2 Å². The number of nitrogens with one attached hydrogen (secondary N) is 1. The van der Waals surface area contributed by atoms with E-state index >= 15 is 0 Å². The molecule has 0 aromatic heterocycles. The zero-order valence-corrected chi connectivity index (χ0v) is 26.1. The van der Waals surface area contributed by atoms with Crippen molar-refractivity contribution in [2.45, 2.75) is 112 Å². The Labute approximate surface area is 244 Å². The summed E-state index contributed by atoms with van der Waals surface area (Å²) in [6.45, 7) is 17.1. The highest BCUT2D eigenvalue weighted by Crippen LogP contribution is 2.65. The molecule has 4 aliphatic rings. The zero-order valence-electron chi connectivity index (χ0n) is 26.1. The number of hydrogen-bond donors (Lipinski definition) is 1. The number of benzene rings is 1. The minimum Gasteiger partial charge on any atom is -0.460 e. The molecule has 2 saturated heterocycles. The molecule has 0 radical (unpaired) electrons. The molecule has 2 heterocycles. The van der Waals surface area contributed by atoms with Crippen molar-refractivity contribution in [2.75, 3.05) is 13.1 Å². The Morgan fingerprint density at radius 1 is 0.805 bits per heavy atom. The number of esters is 2. The molecule has 226 valence electrons. The van der Waals surface area contributed by atoms with E-state index in [0.29, 0.717) is 32.5 Å². The van der Waals surface area contributed by atoms with Crippen molar-refractivity contribution in [1.29, 1.82) is 0 Å². The summed E-state index contributed by atoms with van der Waals surface area (Å²) in [5.74, 6) is -0.0885. The Morgan fingerprint density at radius 2 is 1.29 bits per heavy atom. The maximum atomic E-state index is 13.0. The lowest BCUT2D eigenvalue weighted by Gasteiger charge is -2.30. The van der Waals surface area contributed by atoms with E-state index in [0.717, 1.165) is 31.2 Å². The Hall–Kier alpha value is -2.90. The van der Waals surface area contributed by atoms with Crippen molar-refractivity contribution >= 4 is 23.8 Å². The zero-order chi connectivity index (χ0) is 30.5. The minimum absolute atomic E-state index is 0.114. The topological polar surface area (TPSA) is 102 Å². The van der Waals surface area contributed by atoms with Crippen LogP contribution in [-0.4, -0.2) is 52.9 Å². The van der Waals surface area contributed by atoms with E-state index < -0.39 is 11.2 Å². The maximum Gasteiger partial charge on any atom is 0.306 e. The number of amides is 2. The molecule has 1 N–H and O–H groups in total. The number of ether oxygens (including phenoxy) is 2. The monoisotopic (exact) mass is 568 g/mol. The first-order valence-corrected chi connectivity index (χ1v) is 14.9. The van der Waals surface area contributed by atoms with Crippen LogP contribution < -0.4 is 5.32 Å². The van der Waals surface area contributed by atoms with Crippen LogP contribution in [0.15, 0.2) is 30.3 Å². The SMILES string of the molecule is CC(C)(C)OC(=O)CC1(C)CN(Cc2ccccc2)C(=O)C12CC2.CC(C)(C)OC(=O)CC1(C)CNC(=O)C12CC2. The molecule has 4 fully saturated rings. The smallest absolute Gasteiger partial charge is 0.306 e. The molecule has 41 heavy (non-hydrogen) atoms. The van der Waals surface area contributed by atoms with E-state index in [1.54, 1.807) is 0 Å². The third-order valence-electron chi connectivity index (χ3n) is 9.25. The average molecular weight is 569 g/mol. The molecular weight excluding hydrogens is 520 g/mol. The van der Waals surface area contributed by atoms with Crippen LogP contribution in [-0.2, 0) is 35.2 Å². The number of likely N-dealkylation sites (tertiary alicyclic amines) is 1. The summed E-state index contributed by atoms with van der Waals surface area (Å²) >= 11 is 0. The first-order valence-electron chi connectivity index (χ1n) is 14.9. The quantitative estimate of drug-likeness (QED) is 0.475. The molecule has 2 spiro atoms. The maximum absolute atomic E-state index is 13.0. The van der Waals surface area contributed by atoms with E-state index in [-0.39, 0.29) is 45.4 Å². The van der Waals surface area contributed by atoms with E-state index in [2.05, 4.69) is 12.2 Å². The van der Waals surface area contributed by atoms with Gasteiger partial charge in [-0.25, -0.2) is 0 Å². The fourth-order valence-corrected chi connectivity index (χ4v) is 6.77. The van der Waals surface area contributed by atoms with E-state index in [1.165, 1.54) is 0 Å². The number of nitrogens with zero attached hydrogens (tertiary/aromatic N) is 1. The normalized spacial score (nSPS) is 27.3. The predicted molar refractivity (Wildman–Crippen MR) is 155 cm³/mol. The molecule has 2 saturated carbocycles. The predicted octanol–water partition coefficient (Wildman–Crippen LogP) is 5.18. The highest BCUT2D eigenvalue weighted by atomic mass is 16.6. The number of hydrogen-bond acceptors (Lipinski definition) is 6. The molecule has 2 aliphatic heterocycles. The van der Waals surface area contributed by atoms with Crippen LogP contribution in [0, 0.1) is 21.7 Å². The number of carbonyl (C=O) groups excluding carboxylic acids is 4. The van der Waals surface area contributed by atoms with Crippen LogP contribution in [0.3, 0.4) is 0 Å². The second-order valence-electron chi connectivity index (χ2n) is 15.1. The summed E-state index contributed by atoms with van der Waals surface area (Å²) < 4.78 is 10.8. The molecule has 8 nitrogen and oxygen atoms in total. The van der Waals surface area contributed by atoms with Crippen molar-refractivity contribution in [1.82, 2.24) is 10.2 Å². The van der Waals surface area contributed by atoms with E-state index in [1.807, 2.05) is 83.7 Å². The molecule has 2 atom stereocenters. The van der Waals surface area contributed by atoms with Gasteiger partial charge in [-0.15, -0.1) is 0 Å². The standard InChI is InChI=1S/C20H27NO3.C13H21NO3/c1-18(2,3)24-16(22)12-19(4)14-21(17(23)20(19)10-11-20)13-15-8-6-5-7-9-15;1-11(2,3)17-9(15)7-12(4)8-14-10(16)13(12)5-6-13/h5-9H,10-14H2,1-4H3;5-8H2,1-4H3,(H,14,16). The Bertz CT molecular complexity index is 1190. The lowest BCUT2D eigenvalue weighted by molar-refractivity contribution is -0.159. The van der Waals surface area contributed by atoms with Crippen LogP contribution >= 0.6 is 0 Å². The number of rotatable bonds is 6. The van der Waals surface area contributed by atoms with Gasteiger partial charge in [-0.3, -0.25) is 19.2 Å². The molecule has 2 unspecified atom stereocenters. The second kappa shape index (κ2) is 10.4. The largest absolute Gasteiger partial charge is 0.460 e.